The van der Waals surface area contributed by atoms with Gasteiger partial charge in [-0.3, -0.25) is 4.79 Å². The van der Waals surface area contributed by atoms with E-state index in [1.54, 1.807) is 32.0 Å². The Hall–Kier alpha value is -2.83. The van der Waals surface area contributed by atoms with Crippen molar-refractivity contribution in [1.29, 1.82) is 0 Å². The number of benzene rings is 1. The molecular formula is C21H24N4O6S2. The van der Waals surface area contributed by atoms with Crippen LogP contribution in [0.5, 0.6) is 5.75 Å². The zero-order chi connectivity index (χ0) is 23.4. The summed E-state index contributed by atoms with van der Waals surface area (Å²) in [5.74, 6) is 0.904. The van der Waals surface area contributed by atoms with Crippen LogP contribution in [-0.4, -0.2) is 54.3 Å². The van der Waals surface area contributed by atoms with Crippen LogP contribution in [0.15, 0.2) is 49.5 Å². The molecule has 0 bridgehead atoms. The third-order valence-corrected chi connectivity index (χ3v) is 7.77. The van der Waals surface area contributed by atoms with Crippen LogP contribution >= 0.6 is 11.8 Å². The van der Waals surface area contributed by atoms with Crippen molar-refractivity contribution in [2.45, 2.75) is 36.8 Å². The number of carbonyl (C=O) groups is 1. The van der Waals surface area contributed by atoms with Gasteiger partial charge in [-0.25, -0.2) is 8.42 Å². The number of ether oxygens (including phenoxy) is 1. The van der Waals surface area contributed by atoms with Gasteiger partial charge in [-0.2, -0.15) is 4.31 Å². The van der Waals surface area contributed by atoms with Crippen LogP contribution < -0.4 is 10.1 Å². The largest absolute Gasteiger partial charge is 0.492 e. The number of nitrogens with zero attached hydrogens (tertiary/aromatic N) is 3. The Morgan fingerprint density at radius 1 is 1.24 bits per heavy atom. The summed E-state index contributed by atoms with van der Waals surface area (Å²) in [5.41, 5.74) is 1.06. The Morgan fingerprint density at radius 2 is 2.03 bits per heavy atom. The number of nitrogens with one attached hydrogen (secondary N) is 1. The van der Waals surface area contributed by atoms with Crippen molar-refractivity contribution in [2.75, 3.05) is 30.8 Å². The molecule has 12 heteroatoms. The van der Waals surface area contributed by atoms with E-state index in [4.69, 9.17) is 13.6 Å². The maximum atomic E-state index is 13.1. The van der Waals surface area contributed by atoms with Gasteiger partial charge in [0.15, 0.2) is 0 Å². The molecule has 1 amide bonds. The number of hydrogen-bond acceptors (Lipinski definition) is 9. The normalized spacial score (nSPS) is 14.5. The third kappa shape index (κ3) is 5.23. The van der Waals surface area contributed by atoms with Crippen LogP contribution in [0.4, 0.5) is 5.69 Å². The van der Waals surface area contributed by atoms with Crippen molar-refractivity contribution < 1.29 is 26.8 Å². The molecule has 10 nitrogen and oxygen atoms in total. The van der Waals surface area contributed by atoms with Gasteiger partial charge in [0.05, 0.1) is 24.2 Å². The number of sulfonamides is 1. The van der Waals surface area contributed by atoms with E-state index in [1.807, 2.05) is 0 Å². The van der Waals surface area contributed by atoms with E-state index in [0.717, 1.165) is 24.6 Å². The summed E-state index contributed by atoms with van der Waals surface area (Å²) in [4.78, 5) is 12.5. The fraction of sp³-hybridized carbons (Fsp3) is 0.381. The van der Waals surface area contributed by atoms with Crippen LogP contribution in [0.2, 0.25) is 0 Å². The molecule has 0 aliphatic carbocycles. The van der Waals surface area contributed by atoms with Gasteiger partial charge in [0.25, 0.3) is 11.1 Å². The van der Waals surface area contributed by atoms with Gasteiger partial charge in [-0.1, -0.05) is 11.8 Å². The number of amides is 1. The van der Waals surface area contributed by atoms with E-state index in [0.29, 0.717) is 42.6 Å². The van der Waals surface area contributed by atoms with Crippen LogP contribution in [0.1, 0.15) is 25.5 Å². The van der Waals surface area contributed by atoms with Gasteiger partial charge in [0.1, 0.15) is 16.4 Å². The fourth-order valence-corrected chi connectivity index (χ4v) is 5.68. The molecule has 2 aromatic heterocycles. The lowest BCUT2D eigenvalue weighted by Crippen LogP contribution is -2.28. The highest BCUT2D eigenvalue weighted by atomic mass is 32.2. The fourth-order valence-electron chi connectivity index (χ4n) is 3.44. The van der Waals surface area contributed by atoms with E-state index in [9.17, 15) is 13.2 Å². The van der Waals surface area contributed by atoms with E-state index in [-0.39, 0.29) is 27.5 Å². The first kappa shape index (κ1) is 23.3. The summed E-state index contributed by atoms with van der Waals surface area (Å²) >= 11 is 1.08. The highest BCUT2D eigenvalue weighted by Gasteiger charge is 2.30. The predicted octanol–water partition coefficient (Wildman–Crippen LogP) is 3.55. The monoisotopic (exact) mass is 492 g/mol. The molecule has 33 heavy (non-hydrogen) atoms. The average molecular weight is 493 g/mol. The van der Waals surface area contributed by atoms with Gasteiger partial charge in [0.2, 0.25) is 15.9 Å². The van der Waals surface area contributed by atoms with Crippen LogP contribution in [-0.2, 0) is 14.8 Å². The van der Waals surface area contributed by atoms with Gasteiger partial charge < -0.3 is 18.9 Å². The SMILES string of the molecule is CCOc1ccc(NC(=O)CSc2nnc(-c3ccoc3C)o2)cc1S(=O)(=O)N1CCCC1. The number of aryl methyl sites for hydroxylation is 1. The summed E-state index contributed by atoms with van der Waals surface area (Å²) in [5, 5.41) is 10.9. The minimum Gasteiger partial charge on any atom is -0.492 e. The number of aromatic nitrogens is 2. The lowest BCUT2D eigenvalue weighted by molar-refractivity contribution is -0.113. The summed E-state index contributed by atoms with van der Waals surface area (Å²) in [6, 6.07) is 6.34. The Balaban J connectivity index is 1.43. The number of hydrogen-bond donors (Lipinski definition) is 1. The molecule has 1 aliphatic heterocycles. The molecule has 1 saturated heterocycles. The average Bonchev–Trinajstić information content (AvgIpc) is 3.55. The van der Waals surface area contributed by atoms with Crippen LogP contribution in [0, 0.1) is 6.92 Å². The van der Waals surface area contributed by atoms with Gasteiger partial charge >= 0.3 is 0 Å². The Labute approximate surface area is 195 Å². The predicted molar refractivity (Wildman–Crippen MR) is 122 cm³/mol. The molecule has 0 atom stereocenters. The van der Waals surface area contributed by atoms with Crippen molar-refractivity contribution in [3.63, 3.8) is 0 Å². The smallest absolute Gasteiger partial charge is 0.277 e. The zero-order valence-corrected chi connectivity index (χ0v) is 19.9. The lowest BCUT2D eigenvalue weighted by Gasteiger charge is -2.19. The zero-order valence-electron chi connectivity index (χ0n) is 18.2. The summed E-state index contributed by atoms with van der Waals surface area (Å²) in [7, 11) is -3.72. The maximum absolute atomic E-state index is 13.1. The third-order valence-electron chi connectivity index (χ3n) is 5.03. The minimum absolute atomic E-state index is 0.00736. The molecule has 3 aromatic rings. The lowest BCUT2D eigenvalue weighted by atomic mass is 10.3. The van der Waals surface area contributed by atoms with E-state index >= 15 is 0 Å². The highest BCUT2D eigenvalue weighted by Crippen LogP contribution is 2.32. The van der Waals surface area contributed by atoms with Crippen molar-refractivity contribution in [3.8, 4) is 17.2 Å². The quantitative estimate of drug-likeness (QED) is 0.446. The number of furan rings is 1. The minimum atomic E-state index is -3.72. The Morgan fingerprint density at radius 3 is 2.73 bits per heavy atom. The first-order valence-electron chi connectivity index (χ1n) is 10.5. The highest BCUT2D eigenvalue weighted by molar-refractivity contribution is 7.99. The molecule has 0 saturated carbocycles. The first-order chi connectivity index (χ1) is 15.9. The number of thioether (sulfide) groups is 1. The molecular weight excluding hydrogens is 468 g/mol. The van der Waals surface area contributed by atoms with Crippen molar-refractivity contribution >= 4 is 33.4 Å². The van der Waals surface area contributed by atoms with Crippen molar-refractivity contribution in [1.82, 2.24) is 14.5 Å². The maximum Gasteiger partial charge on any atom is 0.277 e. The molecule has 0 unspecified atom stereocenters. The summed E-state index contributed by atoms with van der Waals surface area (Å²) in [6.45, 7) is 4.86. The summed E-state index contributed by atoms with van der Waals surface area (Å²) < 4.78 is 44.0. The van der Waals surface area contributed by atoms with E-state index in [1.165, 1.54) is 16.6 Å². The molecule has 1 fully saturated rings. The molecule has 1 aliphatic rings. The molecule has 176 valence electrons. The summed E-state index contributed by atoms with van der Waals surface area (Å²) in [6.07, 6.45) is 3.19. The van der Waals surface area contributed by atoms with Crippen LogP contribution in [0.3, 0.4) is 0 Å². The van der Waals surface area contributed by atoms with Crippen LogP contribution in [0.25, 0.3) is 11.5 Å². The standard InChI is InChI=1S/C21H24N4O6S2/c1-3-29-17-7-6-15(12-18(17)33(27,28)25-9-4-5-10-25)22-19(26)13-32-21-24-23-20(31-21)16-8-11-30-14(16)2/h6-8,11-12H,3-5,9-10,13H2,1-2H3,(H,22,26). The second-order valence-corrected chi connectivity index (χ2v) is 10.1. The molecule has 0 radical (unpaired) electrons. The molecule has 3 heterocycles. The Kier molecular flexibility index (Phi) is 7.05. The number of rotatable bonds is 9. The Bertz CT molecular complexity index is 1230. The molecule has 0 spiro atoms. The number of anilines is 1. The number of carbonyl (C=O) groups excluding carboxylic acids is 1. The second kappa shape index (κ2) is 9.98. The van der Waals surface area contributed by atoms with Crippen molar-refractivity contribution in [3.05, 3.63) is 36.3 Å². The first-order valence-corrected chi connectivity index (χ1v) is 12.9. The molecule has 1 N–H and O–H groups in total. The van der Waals surface area contributed by atoms with Gasteiger partial charge in [-0.05, 0) is 51.0 Å². The van der Waals surface area contributed by atoms with Crippen molar-refractivity contribution in [2.24, 2.45) is 0 Å². The topological polar surface area (TPSA) is 128 Å². The van der Waals surface area contributed by atoms with E-state index in [2.05, 4.69) is 15.5 Å². The van der Waals surface area contributed by atoms with Gasteiger partial charge in [0, 0.05) is 18.8 Å². The van der Waals surface area contributed by atoms with E-state index < -0.39 is 10.0 Å². The second-order valence-electron chi connectivity index (χ2n) is 7.31. The molecule has 4 rings (SSSR count). The van der Waals surface area contributed by atoms with Gasteiger partial charge in [-0.15, -0.1) is 10.2 Å². The molecule has 1 aromatic carbocycles.